The molecular weight excluding hydrogens is 254 g/mol. The quantitative estimate of drug-likeness (QED) is 0.845. The number of nitrogens with zero attached hydrogens (tertiary/aromatic N) is 1. The topological polar surface area (TPSA) is 49.8 Å². The van der Waals surface area contributed by atoms with Gasteiger partial charge in [0.1, 0.15) is 6.04 Å². The zero-order valence-electron chi connectivity index (χ0n) is 12.5. The predicted molar refractivity (Wildman–Crippen MR) is 76.7 cm³/mol. The van der Waals surface area contributed by atoms with E-state index >= 15 is 0 Å². The first kappa shape index (κ1) is 14.3. The van der Waals surface area contributed by atoms with Gasteiger partial charge in [-0.05, 0) is 44.6 Å². The minimum Gasteiger partial charge on any atom is -0.480 e. The van der Waals surface area contributed by atoms with E-state index in [0.717, 1.165) is 32.4 Å². The molecule has 20 heavy (non-hydrogen) atoms. The van der Waals surface area contributed by atoms with Gasteiger partial charge in [-0.15, -0.1) is 0 Å². The Bertz CT molecular complexity index is 359. The second-order valence-corrected chi connectivity index (χ2v) is 7.03. The molecule has 0 aromatic rings. The lowest BCUT2D eigenvalue weighted by Gasteiger charge is -2.46. The fraction of sp³-hybridized carbons (Fsp3) is 0.938. The van der Waals surface area contributed by atoms with Crippen molar-refractivity contribution in [3.63, 3.8) is 0 Å². The molecule has 1 spiro atoms. The van der Waals surface area contributed by atoms with Crippen LogP contribution in [0, 0.1) is 5.92 Å². The Morgan fingerprint density at radius 2 is 2.00 bits per heavy atom. The molecule has 114 valence electrons. The molecule has 0 aromatic heterocycles. The molecule has 0 amide bonds. The Morgan fingerprint density at radius 3 is 2.70 bits per heavy atom. The summed E-state index contributed by atoms with van der Waals surface area (Å²) in [5.74, 6) is -0.364. The van der Waals surface area contributed by atoms with Crippen molar-refractivity contribution < 1.29 is 14.6 Å². The number of rotatable bonds is 2. The summed E-state index contributed by atoms with van der Waals surface area (Å²) in [5.41, 5.74) is 0.0655. The van der Waals surface area contributed by atoms with Gasteiger partial charge in [-0.3, -0.25) is 9.69 Å². The van der Waals surface area contributed by atoms with E-state index in [0.29, 0.717) is 6.04 Å². The van der Waals surface area contributed by atoms with Gasteiger partial charge >= 0.3 is 5.97 Å². The van der Waals surface area contributed by atoms with E-state index in [1.54, 1.807) is 0 Å². The smallest absolute Gasteiger partial charge is 0.321 e. The number of hydrogen-bond acceptors (Lipinski definition) is 3. The number of likely N-dealkylation sites (tertiary alicyclic amines) is 1. The average molecular weight is 281 g/mol. The van der Waals surface area contributed by atoms with Gasteiger partial charge in [-0.2, -0.15) is 0 Å². The van der Waals surface area contributed by atoms with Gasteiger partial charge in [0.25, 0.3) is 0 Å². The first-order valence-electron chi connectivity index (χ1n) is 8.24. The molecule has 0 radical (unpaired) electrons. The first-order valence-corrected chi connectivity index (χ1v) is 8.24. The molecule has 1 saturated carbocycles. The summed E-state index contributed by atoms with van der Waals surface area (Å²) >= 11 is 0. The van der Waals surface area contributed by atoms with E-state index in [1.807, 2.05) is 0 Å². The minimum absolute atomic E-state index is 0.0655. The van der Waals surface area contributed by atoms with Crippen molar-refractivity contribution in [2.45, 2.75) is 76.0 Å². The first-order chi connectivity index (χ1) is 9.61. The van der Waals surface area contributed by atoms with Crippen LogP contribution in [0.5, 0.6) is 0 Å². The summed E-state index contributed by atoms with van der Waals surface area (Å²) in [4.78, 5) is 13.8. The van der Waals surface area contributed by atoms with Gasteiger partial charge in [0.05, 0.1) is 5.60 Å². The molecule has 0 aromatic carbocycles. The third-order valence-electron chi connectivity index (χ3n) is 5.69. The summed E-state index contributed by atoms with van der Waals surface area (Å²) in [7, 11) is 0. The van der Waals surface area contributed by atoms with E-state index in [2.05, 4.69) is 11.8 Å². The Hall–Kier alpha value is -0.610. The van der Waals surface area contributed by atoms with E-state index in [-0.39, 0.29) is 17.6 Å². The van der Waals surface area contributed by atoms with Gasteiger partial charge in [0.15, 0.2) is 0 Å². The molecular formula is C16H27NO3. The number of carboxylic acids is 1. The van der Waals surface area contributed by atoms with Crippen LogP contribution in [0.25, 0.3) is 0 Å². The minimum atomic E-state index is -0.640. The van der Waals surface area contributed by atoms with Crippen molar-refractivity contribution in [1.82, 2.24) is 4.90 Å². The number of carboxylic acid groups (broad SMARTS) is 1. The summed E-state index contributed by atoms with van der Waals surface area (Å²) in [6.07, 6.45) is 9.27. The van der Waals surface area contributed by atoms with Crippen molar-refractivity contribution in [3.8, 4) is 0 Å². The van der Waals surface area contributed by atoms with Crippen LogP contribution in [0.15, 0.2) is 0 Å². The average Bonchev–Trinajstić information content (AvgIpc) is 2.82. The highest BCUT2D eigenvalue weighted by Crippen LogP contribution is 2.41. The molecule has 3 fully saturated rings. The second kappa shape index (κ2) is 5.64. The Kier molecular flexibility index (Phi) is 4.04. The number of ether oxygens (including phenoxy) is 1. The fourth-order valence-corrected chi connectivity index (χ4v) is 4.60. The Balaban J connectivity index is 1.71. The highest BCUT2D eigenvalue weighted by Gasteiger charge is 2.45. The highest BCUT2D eigenvalue weighted by molar-refractivity contribution is 5.74. The number of hydrogen-bond donors (Lipinski definition) is 1. The normalized spacial score (nSPS) is 38.1. The van der Waals surface area contributed by atoms with Gasteiger partial charge in [-0.1, -0.05) is 26.2 Å². The molecule has 2 saturated heterocycles. The van der Waals surface area contributed by atoms with Crippen molar-refractivity contribution in [3.05, 3.63) is 0 Å². The molecule has 3 rings (SSSR count). The zero-order valence-corrected chi connectivity index (χ0v) is 12.5. The zero-order chi connectivity index (χ0) is 14.2. The van der Waals surface area contributed by atoms with Crippen molar-refractivity contribution >= 4 is 5.97 Å². The third kappa shape index (κ3) is 2.60. The van der Waals surface area contributed by atoms with Crippen LogP contribution in [0.1, 0.15) is 58.3 Å². The molecule has 0 bridgehead atoms. The summed E-state index contributed by atoms with van der Waals surface area (Å²) in [6, 6.07) is 0.131. The standard InChI is InChI=1S/C16H27NO3/c1-12-5-9-17(14(12)15(18)19)13-6-10-20-16(11-13)7-3-2-4-8-16/h12-14H,2-11H2,1H3,(H,18,19). The summed E-state index contributed by atoms with van der Waals surface area (Å²) in [6.45, 7) is 3.83. The van der Waals surface area contributed by atoms with Crippen LogP contribution in [0.3, 0.4) is 0 Å². The molecule has 1 N–H and O–H groups in total. The maximum atomic E-state index is 11.6. The second-order valence-electron chi connectivity index (χ2n) is 7.03. The van der Waals surface area contributed by atoms with Crippen molar-refractivity contribution in [2.75, 3.05) is 13.2 Å². The molecule has 4 nitrogen and oxygen atoms in total. The van der Waals surface area contributed by atoms with Crippen LogP contribution in [-0.4, -0.2) is 46.8 Å². The molecule has 1 aliphatic carbocycles. The lowest BCUT2D eigenvalue weighted by molar-refractivity contribution is -0.150. The van der Waals surface area contributed by atoms with Crippen molar-refractivity contribution in [1.29, 1.82) is 0 Å². The SMILES string of the molecule is CC1CCN(C2CCOC3(CCCCC3)C2)C1C(=O)O. The highest BCUT2D eigenvalue weighted by atomic mass is 16.5. The lowest BCUT2D eigenvalue weighted by Crippen LogP contribution is -2.53. The van der Waals surface area contributed by atoms with E-state index in [4.69, 9.17) is 4.74 Å². The van der Waals surface area contributed by atoms with Gasteiger partial charge in [-0.25, -0.2) is 0 Å². The maximum Gasteiger partial charge on any atom is 0.321 e. The summed E-state index contributed by atoms with van der Waals surface area (Å²) in [5, 5.41) is 9.51. The fourth-order valence-electron chi connectivity index (χ4n) is 4.60. The summed E-state index contributed by atoms with van der Waals surface area (Å²) < 4.78 is 6.14. The predicted octanol–water partition coefficient (Wildman–Crippen LogP) is 2.66. The number of aliphatic carboxylic acids is 1. The van der Waals surface area contributed by atoms with Crippen LogP contribution in [0.4, 0.5) is 0 Å². The Labute approximate surface area is 121 Å². The monoisotopic (exact) mass is 281 g/mol. The molecule has 2 aliphatic heterocycles. The molecule has 3 aliphatic rings. The van der Waals surface area contributed by atoms with Crippen molar-refractivity contribution in [2.24, 2.45) is 5.92 Å². The third-order valence-corrected chi connectivity index (χ3v) is 5.69. The van der Waals surface area contributed by atoms with Crippen LogP contribution in [0.2, 0.25) is 0 Å². The van der Waals surface area contributed by atoms with E-state index in [9.17, 15) is 9.90 Å². The Morgan fingerprint density at radius 1 is 1.25 bits per heavy atom. The van der Waals surface area contributed by atoms with Crippen LogP contribution in [-0.2, 0) is 9.53 Å². The largest absolute Gasteiger partial charge is 0.480 e. The van der Waals surface area contributed by atoms with E-state index < -0.39 is 5.97 Å². The van der Waals surface area contributed by atoms with Crippen LogP contribution >= 0.6 is 0 Å². The van der Waals surface area contributed by atoms with Gasteiger partial charge in [0.2, 0.25) is 0 Å². The van der Waals surface area contributed by atoms with E-state index in [1.165, 1.54) is 32.1 Å². The molecule has 3 atom stereocenters. The van der Waals surface area contributed by atoms with Gasteiger partial charge in [0, 0.05) is 12.6 Å². The molecule has 3 unspecified atom stereocenters. The molecule has 2 heterocycles. The maximum absolute atomic E-state index is 11.6. The lowest BCUT2D eigenvalue weighted by atomic mass is 9.78. The number of carbonyl (C=O) groups is 1. The molecule has 4 heteroatoms. The van der Waals surface area contributed by atoms with Gasteiger partial charge < -0.3 is 9.84 Å². The van der Waals surface area contributed by atoms with Crippen LogP contribution < -0.4 is 0 Å².